The molecule has 0 atom stereocenters. The highest BCUT2D eigenvalue weighted by molar-refractivity contribution is 8.01. The Bertz CT molecular complexity index is 417. The van der Waals surface area contributed by atoms with Crippen LogP contribution in [0.25, 0.3) is 0 Å². The van der Waals surface area contributed by atoms with Crippen LogP contribution in [-0.2, 0) is 19.7 Å². The van der Waals surface area contributed by atoms with E-state index in [0.29, 0.717) is 12.8 Å². The Kier molecular flexibility index (Phi) is 15.3. The molecule has 0 aliphatic heterocycles. The lowest BCUT2D eigenvalue weighted by molar-refractivity contribution is -0.112. The van der Waals surface area contributed by atoms with E-state index in [-0.39, 0.29) is 6.42 Å². The lowest BCUT2D eigenvalue weighted by atomic mass is 10.0. The fourth-order valence-electron chi connectivity index (χ4n) is 2.75. The third-order valence-corrected chi connectivity index (χ3v) is 5.02. The van der Waals surface area contributed by atoms with Crippen molar-refractivity contribution in [2.45, 2.75) is 103 Å². The van der Waals surface area contributed by atoms with E-state index < -0.39 is 15.2 Å². The zero-order valence-electron chi connectivity index (χ0n) is 14.9. The number of rotatable bonds is 17. The quantitative estimate of drug-likeness (QED) is 0.227. The second kappa shape index (κ2) is 15.8. The number of unbranched alkanes of at least 4 members (excludes halogenated alkanes) is 14. The second-order valence-electron chi connectivity index (χ2n) is 6.50. The maximum absolute atomic E-state index is 11.0. The minimum Gasteiger partial charge on any atom is -0.303 e. The molecule has 0 aromatic rings. The average molecular weight is 363 g/mol. The van der Waals surface area contributed by atoms with Gasteiger partial charge in [0.25, 0.3) is 5.12 Å². The highest BCUT2D eigenvalue weighted by Gasteiger charge is 2.16. The molecule has 0 radical (unpaired) electrons. The van der Waals surface area contributed by atoms with Crippen molar-refractivity contribution in [1.82, 2.24) is 0 Å². The molecule has 0 bridgehead atoms. The zero-order valence-corrected chi connectivity index (χ0v) is 15.7. The number of carbonyl (C=O) groups excluding carboxylic acids is 2. The molecule has 1 N–H and O–H groups in total. The molecule has 0 saturated heterocycles. The van der Waals surface area contributed by atoms with Crippen LogP contribution in [0.1, 0.15) is 103 Å². The summed E-state index contributed by atoms with van der Waals surface area (Å²) in [6.45, 7) is 0. The fraction of sp³-hybridized carbons (Fsp3) is 0.889. The van der Waals surface area contributed by atoms with Gasteiger partial charge in [-0.3, -0.25) is 9.35 Å². The van der Waals surface area contributed by atoms with E-state index in [1.807, 2.05) is 0 Å². The van der Waals surface area contributed by atoms with Gasteiger partial charge in [-0.2, -0.15) is 8.42 Å². The van der Waals surface area contributed by atoms with Crippen molar-refractivity contribution in [3.8, 4) is 0 Å². The van der Waals surface area contributed by atoms with Crippen LogP contribution in [0.2, 0.25) is 0 Å². The number of hydrogen-bond acceptors (Lipinski definition) is 4. The molecule has 0 aliphatic rings. The summed E-state index contributed by atoms with van der Waals surface area (Å²) in [6.07, 6.45) is 17.5. The Labute approximate surface area is 147 Å². The summed E-state index contributed by atoms with van der Waals surface area (Å²) in [4.78, 5) is 21.1. The smallest absolute Gasteiger partial charge is 0.303 e. The first-order valence-corrected chi connectivity index (χ1v) is 10.9. The van der Waals surface area contributed by atoms with Gasteiger partial charge in [0.15, 0.2) is 0 Å². The van der Waals surface area contributed by atoms with Crippen molar-refractivity contribution < 1.29 is 22.6 Å². The number of hydrogen-bond donors (Lipinski definition) is 1. The molecular weight excluding hydrogens is 328 g/mol. The molecule has 6 heteroatoms. The summed E-state index contributed by atoms with van der Waals surface area (Å²) >= 11 is 0. The van der Waals surface area contributed by atoms with Gasteiger partial charge in [0.1, 0.15) is 6.29 Å². The largest absolute Gasteiger partial charge is 0.328 e. The zero-order chi connectivity index (χ0) is 18.1. The minimum absolute atomic E-state index is 0.0754. The predicted octanol–water partition coefficient (Wildman–Crippen LogP) is 4.84. The lowest BCUT2D eigenvalue weighted by Crippen LogP contribution is -2.12. The number of aldehydes is 1. The summed E-state index contributed by atoms with van der Waals surface area (Å²) < 4.78 is 29.6. The van der Waals surface area contributed by atoms with Crippen molar-refractivity contribution in [2.75, 3.05) is 0 Å². The van der Waals surface area contributed by atoms with Crippen LogP contribution in [0.5, 0.6) is 0 Å². The van der Waals surface area contributed by atoms with Crippen LogP contribution in [0.15, 0.2) is 0 Å². The van der Waals surface area contributed by atoms with Crippen LogP contribution < -0.4 is 0 Å². The van der Waals surface area contributed by atoms with Crippen LogP contribution in [0.4, 0.5) is 0 Å². The van der Waals surface area contributed by atoms with Gasteiger partial charge in [-0.15, -0.1) is 0 Å². The maximum Gasteiger partial charge on any atom is 0.328 e. The first kappa shape index (κ1) is 23.2. The first-order chi connectivity index (χ1) is 11.5. The Hall–Kier alpha value is -0.750. The van der Waals surface area contributed by atoms with Crippen LogP contribution in [0, 0.1) is 0 Å². The molecule has 0 fully saturated rings. The van der Waals surface area contributed by atoms with Gasteiger partial charge >= 0.3 is 10.1 Å². The summed E-state index contributed by atoms with van der Waals surface area (Å²) in [5.41, 5.74) is 0. The standard InChI is InChI=1S/C18H34O5S/c19-17-15-13-11-9-7-5-3-1-2-4-6-8-10-12-14-16-18(20)24(21,22)23/h17H,1-16H2,(H,21,22,23). The topological polar surface area (TPSA) is 88.5 Å². The number of carbonyl (C=O) groups is 2. The molecule has 0 aromatic carbocycles. The minimum atomic E-state index is -4.48. The van der Waals surface area contributed by atoms with Crippen molar-refractivity contribution in [2.24, 2.45) is 0 Å². The Morgan fingerprint density at radius 2 is 1.00 bits per heavy atom. The molecule has 0 saturated carbocycles. The summed E-state index contributed by atoms with van der Waals surface area (Å²) in [7, 11) is -4.48. The van der Waals surface area contributed by atoms with Gasteiger partial charge in [0.2, 0.25) is 0 Å². The SMILES string of the molecule is O=CCCCCCCCCCCCCCCCCC(=O)S(=O)(=O)O. The molecule has 0 aromatic heterocycles. The third kappa shape index (κ3) is 16.1. The third-order valence-electron chi connectivity index (χ3n) is 4.24. The van der Waals surface area contributed by atoms with E-state index >= 15 is 0 Å². The summed E-state index contributed by atoms with van der Waals surface area (Å²) in [6, 6.07) is 0. The van der Waals surface area contributed by atoms with Crippen molar-refractivity contribution in [1.29, 1.82) is 0 Å². The van der Waals surface area contributed by atoms with Crippen molar-refractivity contribution in [3.05, 3.63) is 0 Å². The Morgan fingerprint density at radius 3 is 1.33 bits per heavy atom. The van der Waals surface area contributed by atoms with E-state index in [1.165, 1.54) is 57.8 Å². The second-order valence-corrected chi connectivity index (χ2v) is 7.91. The fourth-order valence-corrected chi connectivity index (χ4v) is 3.15. The van der Waals surface area contributed by atoms with Gasteiger partial charge in [-0.25, -0.2) is 0 Å². The van der Waals surface area contributed by atoms with Gasteiger partial charge in [-0.05, 0) is 12.8 Å². The molecule has 0 aliphatic carbocycles. The van der Waals surface area contributed by atoms with Gasteiger partial charge in [0.05, 0.1) is 0 Å². The molecule has 5 nitrogen and oxygen atoms in total. The molecule has 142 valence electrons. The Balaban J connectivity index is 3.15. The first-order valence-electron chi connectivity index (χ1n) is 9.42. The average Bonchev–Trinajstić information content (AvgIpc) is 2.53. The summed E-state index contributed by atoms with van der Waals surface area (Å²) in [5, 5.41) is -1.06. The Morgan fingerprint density at radius 1 is 0.667 bits per heavy atom. The highest BCUT2D eigenvalue weighted by Crippen LogP contribution is 2.13. The molecule has 0 heterocycles. The molecule has 0 rings (SSSR count). The molecular formula is C18H34O5S. The molecule has 0 amide bonds. The summed E-state index contributed by atoms with van der Waals surface area (Å²) in [5.74, 6) is 0. The normalized spacial score (nSPS) is 11.5. The van der Waals surface area contributed by atoms with Crippen LogP contribution in [-0.4, -0.2) is 24.4 Å². The molecule has 0 spiro atoms. The lowest BCUT2D eigenvalue weighted by Gasteiger charge is -2.03. The van der Waals surface area contributed by atoms with Crippen LogP contribution >= 0.6 is 0 Å². The van der Waals surface area contributed by atoms with Gasteiger partial charge in [-0.1, -0.05) is 77.0 Å². The van der Waals surface area contributed by atoms with Gasteiger partial charge < -0.3 is 4.79 Å². The highest BCUT2D eigenvalue weighted by atomic mass is 32.2. The van der Waals surface area contributed by atoms with E-state index in [9.17, 15) is 18.0 Å². The maximum atomic E-state index is 11.0. The van der Waals surface area contributed by atoms with E-state index in [0.717, 1.165) is 32.0 Å². The van der Waals surface area contributed by atoms with Crippen molar-refractivity contribution in [3.63, 3.8) is 0 Å². The van der Waals surface area contributed by atoms with Crippen LogP contribution in [0.3, 0.4) is 0 Å². The monoisotopic (exact) mass is 362 g/mol. The van der Waals surface area contributed by atoms with Gasteiger partial charge in [0, 0.05) is 12.8 Å². The van der Waals surface area contributed by atoms with E-state index in [1.54, 1.807) is 0 Å². The molecule has 0 unspecified atom stereocenters. The molecule has 24 heavy (non-hydrogen) atoms. The van der Waals surface area contributed by atoms with E-state index in [2.05, 4.69) is 0 Å². The predicted molar refractivity (Wildman–Crippen MR) is 96.5 cm³/mol. The van der Waals surface area contributed by atoms with Crippen molar-refractivity contribution >= 4 is 21.5 Å². The van der Waals surface area contributed by atoms with E-state index in [4.69, 9.17) is 4.55 Å².